The van der Waals surface area contributed by atoms with Crippen molar-refractivity contribution in [2.24, 2.45) is 0 Å². The van der Waals surface area contributed by atoms with E-state index >= 15 is 0 Å². The maximum Gasteiger partial charge on any atom is 0.164 e. The Morgan fingerprint density at radius 3 is 2.47 bits per heavy atom. The van der Waals surface area contributed by atoms with Gasteiger partial charge in [-0.05, 0) is 26.8 Å². The molecule has 1 radical (unpaired) electrons. The van der Waals surface area contributed by atoms with Crippen LogP contribution in [0.1, 0.15) is 25.5 Å². The Kier molecular flexibility index (Phi) is 2.75. The lowest BCUT2D eigenvalue weighted by Crippen LogP contribution is -2.20. The Labute approximate surface area is 95.1 Å². The van der Waals surface area contributed by atoms with E-state index in [2.05, 4.69) is 6.92 Å². The Morgan fingerprint density at radius 2 is 1.93 bits per heavy atom. The molecule has 81 valence electrons. The van der Waals surface area contributed by atoms with Crippen molar-refractivity contribution in [3.05, 3.63) is 41.8 Å². The molecule has 1 saturated heterocycles. The molecule has 0 N–H and O–H groups in total. The number of rotatable bonds is 1. The smallest absolute Gasteiger partial charge is 0.164 e. The lowest BCUT2D eigenvalue weighted by molar-refractivity contribution is -0.143. The van der Waals surface area contributed by atoms with E-state index in [1.54, 1.807) is 0 Å². The largest absolute Gasteiger partial charge is 0.344 e. The van der Waals surface area contributed by atoms with Crippen LogP contribution in [0.2, 0.25) is 5.02 Å². The van der Waals surface area contributed by atoms with E-state index in [0.29, 0.717) is 5.02 Å². The summed E-state index contributed by atoms with van der Waals surface area (Å²) in [5.41, 5.74) is 0.935. The van der Waals surface area contributed by atoms with Crippen molar-refractivity contribution in [1.29, 1.82) is 0 Å². The van der Waals surface area contributed by atoms with Gasteiger partial charge in [0.1, 0.15) is 6.10 Å². The van der Waals surface area contributed by atoms with Gasteiger partial charge in [0.2, 0.25) is 0 Å². The summed E-state index contributed by atoms with van der Waals surface area (Å²) < 4.78 is 11.3. The van der Waals surface area contributed by atoms with Gasteiger partial charge in [0.25, 0.3) is 0 Å². The van der Waals surface area contributed by atoms with Crippen molar-refractivity contribution >= 4 is 11.6 Å². The first-order valence-corrected chi connectivity index (χ1v) is 5.30. The number of benzene rings is 1. The van der Waals surface area contributed by atoms with Gasteiger partial charge in [-0.15, -0.1) is 0 Å². The van der Waals surface area contributed by atoms with Gasteiger partial charge in [-0.2, -0.15) is 0 Å². The first kappa shape index (κ1) is 10.9. The minimum Gasteiger partial charge on any atom is -0.344 e. The van der Waals surface area contributed by atoms with Crippen molar-refractivity contribution in [1.82, 2.24) is 0 Å². The van der Waals surface area contributed by atoms with Crippen LogP contribution in [0.4, 0.5) is 0 Å². The second kappa shape index (κ2) is 3.78. The predicted octanol–water partition coefficient (Wildman–Crippen LogP) is 3.37. The number of ether oxygens (including phenoxy) is 2. The zero-order chi connectivity index (χ0) is 11.1. The van der Waals surface area contributed by atoms with Crippen LogP contribution in [-0.2, 0) is 9.47 Å². The summed E-state index contributed by atoms with van der Waals surface area (Å²) in [6.07, 6.45) is -0.409. The molecule has 1 aromatic carbocycles. The van der Waals surface area contributed by atoms with Gasteiger partial charge in [-0.3, -0.25) is 0 Å². The summed E-state index contributed by atoms with van der Waals surface area (Å²) in [6.45, 7) is 7.68. The van der Waals surface area contributed by atoms with Crippen LogP contribution < -0.4 is 0 Å². The molecule has 1 fully saturated rings. The fourth-order valence-electron chi connectivity index (χ4n) is 1.81. The molecule has 0 spiro atoms. The Morgan fingerprint density at radius 1 is 1.27 bits per heavy atom. The topological polar surface area (TPSA) is 18.5 Å². The normalized spacial score (nSPS) is 29.3. The van der Waals surface area contributed by atoms with E-state index in [9.17, 15) is 0 Å². The van der Waals surface area contributed by atoms with Gasteiger partial charge >= 0.3 is 0 Å². The molecular weight excluding hydrogens is 212 g/mol. The molecule has 0 amide bonds. The average molecular weight is 226 g/mol. The minimum atomic E-state index is -0.587. The fourth-order valence-corrected chi connectivity index (χ4v) is 2.05. The highest BCUT2D eigenvalue weighted by Gasteiger charge is 2.40. The highest BCUT2D eigenvalue weighted by molar-refractivity contribution is 6.31. The maximum absolute atomic E-state index is 6.10. The molecule has 2 nitrogen and oxygen atoms in total. The Hall–Kier alpha value is -0.570. The molecule has 0 aliphatic carbocycles. The molecule has 0 unspecified atom stereocenters. The first-order valence-electron chi connectivity index (χ1n) is 4.93. The molecular formula is C12H14ClO2. The molecule has 0 bridgehead atoms. The monoisotopic (exact) mass is 225 g/mol. The molecule has 0 aromatic heterocycles. The van der Waals surface area contributed by atoms with Gasteiger partial charge < -0.3 is 9.47 Å². The molecule has 1 aliphatic rings. The Bertz CT molecular complexity index is 362. The quantitative estimate of drug-likeness (QED) is 0.730. The van der Waals surface area contributed by atoms with Crippen molar-refractivity contribution in [3.63, 3.8) is 0 Å². The average Bonchev–Trinajstić information content (AvgIpc) is 2.40. The Balaban J connectivity index is 2.29. The van der Waals surface area contributed by atoms with Crippen LogP contribution in [0.5, 0.6) is 0 Å². The van der Waals surface area contributed by atoms with Gasteiger partial charge in [0.15, 0.2) is 5.79 Å². The van der Waals surface area contributed by atoms with Crippen molar-refractivity contribution < 1.29 is 9.47 Å². The molecule has 0 saturated carbocycles. The summed E-state index contributed by atoms with van der Waals surface area (Å²) >= 11 is 6.10. The summed E-state index contributed by atoms with van der Waals surface area (Å²) in [5, 5.41) is 0.692. The number of hydrogen-bond acceptors (Lipinski definition) is 2. The molecule has 15 heavy (non-hydrogen) atoms. The summed E-state index contributed by atoms with van der Waals surface area (Å²) in [6, 6.07) is 7.61. The molecule has 2 rings (SSSR count). The van der Waals surface area contributed by atoms with Crippen molar-refractivity contribution in [2.45, 2.75) is 31.8 Å². The zero-order valence-corrected chi connectivity index (χ0v) is 9.62. The molecule has 1 heterocycles. The highest BCUT2D eigenvalue weighted by atomic mass is 35.5. The molecule has 3 heteroatoms. The number of hydrogen-bond donors (Lipinski definition) is 0. The van der Waals surface area contributed by atoms with Gasteiger partial charge in [0.05, 0.1) is 6.10 Å². The first-order chi connectivity index (χ1) is 6.99. The van der Waals surface area contributed by atoms with Crippen molar-refractivity contribution in [3.8, 4) is 0 Å². The van der Waals surface area contributed by atoms with Gasteiger partial charge in [-0.25, -0.2) is 0 Å². The van der Waals surface area contributed by atoms with E-state index in [1.807, 2.05) is 38.1 Å². The number of halogens is 1. The second-order valence-corrected chi connectivity index (χ2v) is 4.52. The maximum atomic E-state index is 6.10. The van der Waals surface area contributed by atoms with Gasteiger partial charge in [-0.1, -0.05) is 29.8 Å². The third-order valence-electron chi connectivity index (χ3n) is 2.40. The van der Waals surface area contributed by atoms with E-state index in [0.717, 1.165) is 5.56 Å². The summed E-state index contributed by atoms with van der Waals surface area (Å²) in [4.78, 5) is 0. The lowest BCUT2D eigenvalue weighted by Gasteiger charge is -2.17. The van der Waals surface area contributed by atoms with E-state index in [-0.39, 0.29) is 12.2 Å². The minimum absolute atomic E-state index is 0.186. The third-order valence-corrected chi connectivity index (χ3v) is 2.74. The van der Waals surface area contributed by atoms with Crippen LogP contribution in [0.15, 0.2) is 24.3 Å². The third kappa shape index (κ3) is 2.17. The fraction of sp³-hybridized carbons (Fsp3) is 0.417. The van der Waals surface area contributed by atoms with E-state index in [1.165, 1.54) is 0 Å². The summed E-state index contributed by atoms with van der Waals surface area (Å²) in [7, 11) is 0. The zero-order valence-electron chi connectivity index (χ0n) is 8.87. The van der Waals surface area contributed by atoms with Crippen LogP contribution in [-0.4, -0.2) is 11.9 Å². The predicted molar refractivity (Wildman–Crippen MR) is 59.6 cm³/mol. The lowest BCUT2D eigenvalue weighted by atomic mass is 10.1. The van der Waals surface area contributed by atoms with Crippen LogP contribution in [0.3, 0.4) is 0 Å². The molecule has 1 aliphatic heterocycles. The summed E-state index contributed by atoms with van der Waals surface area (Å²) in [5.74, 6) is -0.587. The van der Waals surface area contributed by atoms with Crippen LogP contribution in [0.25, 0.3) is 0 Å². The standard InChI is InChI=1S/C12H14ClO2/c1-8-11(15-12(2,3)14-8)9-6-4-5-7-10(9)13/h4-8,11H,1H2,2-3H3/t8-,11+/m0/s1. The van der Waals surface area contributed by atoms with Gasteiger partial charge in [0, 0.05) is 10.6 Å². The van der Waals surface area contributed by atoms with E-state index in [4.69, 9.17) is 21.1 Å². The van der Waals surface area contributed by atoms with Crippen molar-refractivity contribution in [2.75, 3.05) is 0 Å². The second-order valence-electron chi connectivity index (χ2n) is 4.12. The van der Waals surface area contributed by atoms with Crippen LogP contribution >= 0.6 is 11.6 Å². The highest BCUT2D eigenvalue weighted by Crippen LogP contribution is 2.39. The molecule has 2 atom stereocenters. The van der Waals surface area contributed by atoms with E-state index < -0.39 is 5.79 Å². The SMILES string of the molecule is [CH2][C@@H]1OC(C)(C)O[C@H]1c1ccccc1Cl. The molecule has 1 aromatic rings. The van der Waals surface area contributed by atoms with Crippen LogP contribution in [0, 0.1) is 6.92 Å².